The maximum Gasteiger partial charge on any atom is 0.356 e. The fourth-order valence-electron chi connectivity index (χ4n) is 1.91. The van der Waals surface area contributed by atoms with Crippen LogP contribution in [0.15, 0.2) is 30.6 Å². The van der Waals surface area contributed by atoms with Gasteiger partial charge in [0.1, 0.15) is 17.3 Å². The zero-order valence-corrected chi connectivity index (χ0v) is 12.4. The Morgan fingerprint density at radius 1 is 1.23 bits per heavy atom. The Bertz CT molecular complexity index is 644. The van der Waals surface area contributed by atoms with Gasteiger partial charge >= 0.3 is 5.97 Å². The molecule has 0 bridgehead atoms. The second kappa shape index (κ2) is 7.26. The molecule has 0 amide bonds. The van der Waals surface area contributed by atoms with E-state index in [2.05, 4.69) is 15.3 Å². The first-order valence-corrected chi connectivity index (χ1v) is 6.64. The number of rotatable bonds is 7. The summed E-state index contributed by atoms with van der Waals surface area (Å²) in [6, 6.07) is 5.65. The second-order valence-corrected chi connectivity index (χ2v) is 4.45. The number of methoxy groups -OCH3 is 2. The number of aromatic nitrogens is 2. The van der Waals surface area contributed by atoms with Crippen LogP contribution in [0.2, 0.25) is 0 Å². The van der Waals surface area contributed by atoms with E-state index < -0.39 is 5.97 Å². The Kier molecular flexibility index (Phi) is 5.13. The molecule has 0 aliphatic heterocycles. The number of nitrogens with one attached hydrogen (secondary N) is 1. The molecule has 0 fully saturated rings. The molecule has 0 spiro atoms. The summed E-state index contributed by atoms with van der Waals surface area (Å²) in [5, 5.41) is 11.8. The zero-order valence-electron chi connectivity index (χ0n) is 12.4. The van der Waals surface area contributed by atoms with Gasteiger partial charge in [-0.05, 0) is 18.1 Å². The summed E-state index contributed by atoms with van der Waals surface area (Å²) < 4.78 is 10.5. The highest BCUT2D eigenvalue weighted by Gasteiger charge is 2.06. The van der Waals surface area contributed by atoms with Crippen molar-refractivity contribution in [1.29, 1.82) is 0 Å². The van der Waals surface area contributed by atoms with Crippen LogP contribution in [0, 0.1) is 0 Å². The van der Waals surface area contributed by atoms with Crippen LogP contribution in [0.3, 0.4) is 0 Å². The van der Waals surface area contributed by atoms with Crippen LogP contribution in [0.1, 0.15) is 16.1 Å². The Balaban J connectivity index is 1.94. The van der Waals surface area contributed by atoms with Crippen molar-refractivity contribution in [2.45, 2.75) is 6.42 Å². The molecule has 0 aliphatic rings. The lowest BCUT2D eigenvalue weighted by molar-refractivity contribution is 0.0690. The van der Waals surface area contributed by atoms with Crippen molar-refractivity contribution in [2.24, 2.45) is 0 Å². The standard InChI is InChI=1S/C15H17N3O4/c1-21-11-4-3-10(13(7-11)22-2)5-6-16-14-9-17-12(8-18-14)15(19)20/h3-4,7-9H,5-6H2,1-2H3,(H,16,18)(H,19,20). The van der Waals surface area contributed by atoms with Crippen LogP contribution in [-0.2, 0) is 6.42 Å². The van der Waals surface area contributed by atoms with Crippen molar-refractivity contribution >= 4 is 11.8 Å². The van der Waals surface area contributed by atoms with Crippen molar-refractivity contribution in [3.8, 4) is 11.5 Å². The van der Waals surface area contributed by atoms with Crippen molar-refractivity contribution in [3.05, 3.63) is 41.9 Å². The lowest BCUT2D eigenvalue weighted by Gasteiger charge is -2.11. The maximum atomic E-state index is 10.7. The fraction of sp³-hybridized carbons (Fsp3) is 0.267. The number of carboxylic acids is 1. The van der Waals surface area contributed by atoms with Gasteiger partial charge in [-0.25, -0.2) is 14.8 Å². The van der Waals surface area contributed by atoms with Gasteiger partial charge in [-0.3, -0.25) is 0 Å². The second-order valence-electron chi connectivity index (χ2n) is 4.45. The Hall–Kier alpha value is -2.83. The van der Waals surface area contributed by atoms with E-state index in [1.807, 2.05) is 18.2 Å². The molecule has 22 heavy (non-hydrogen) atoms. The molecule has 0 radical (unpaired) electrons. The highest BCUT2D eigenvalue weighted by Crippen LogP contribution is 2.24. The van der Waals surface area contributed by atoms with E-state index in [-0.39, 0.29) is 5.69 Å². The summed E-state index contributed by atoms with van der Waals surface area (Å²) in [5.74, 6) is 0.927. The summed E-state index contributed by atoms with van der Waals surface area (Å²) in [5.41, 5.74) is 0.952. The molecule has 0 aliphatic carbocycles. The molecule has 7 nitrogen and oxygen atoms in total. The summed E-state index contributed by atoms with van der Waals surface area (Å²) in [4.78, 5) is 18.5. The number of aromatic carboxylic acids is 1. The van der Waals surface area contributed by atoms with Crippen molar-refractivity contribution < 1.29 is 19.4 Å². The third-order valence-electron chi connectivity index (χ3n) is 3.07. The van der Waals surface area contributed by atoms with E-state index in [0.717, 1.165) is 23.5 Å². The minimum atomic E-state index is -1.10. The number of nitrogens with zero attached hydrogens (tertiary/aromatic N) is 2. The predicted molar refractivity (Wildman–Crippen MR) is 80.7 cm³/mol. The molecule has 2 rings (SSSR count). The average Bonchev–Trinajstić information content (AvgIpc) is 2.55. The molecule has 0 atom stereocenters. The van der Waals surface area contributed by atoms with Crippen LogP contribution in [-0.4, -0.2) is 41.8 Å². The van der Waals surface area contributed by atoms with Crippen LogP contribution in [0.4, 0.5) is 5.82 Å². The van der Waals surface area contributed by atoms with Gasteiger partial charge in [0.2, 0.25) is 0 Å². The average molecular weight is 303 g/mol. The minimum Gasteiger partial charge on any atom is -0.497 e. The van der Waals surface area contributed by atoms with Crippen LogP contribution in [0.5, 0.6) is 11.5 Å². The summed E-state index contributed by atoms with van der Waals surface area (Å²) >= 11 is 0. The number of anilines is 1. The van der Waals surface area contributed by atoms with E-state index in [0.29, 0.717) is 12.4 Å². The van der Waals surface area contributed by atoms with Crippen LogP contribution < -0.4 is 14.8 Å². The molecular formula is C15H17N3O4. The first-order chi connectivity index (χ1) is 10.6. The molecule has 2 N–H and O–H groups in total. The monoisotopic (exact) mass is 303 g/mol. The zero-order chi connectivity index (χ0) is 15.9. The van der Waals surface area contributed by atoms with Crippen molar-refractivity contribution in [3.63, 3.8) is 0 Å². The highest BCUT2D eigenvalue weighted by atomic mass is 16.5. The van der Waals surface area contributed by atoms with E-state index >= 15 is 0 Å². The van der Waals surface area contributed by atoms with Gasteiger partial charge < -0.3 is 19.9 Å². The number of carbonyl (C=O) groups is 1. The highest BCUT2D eigenvalue weighted by molar-refractivity contribution is 5.84. The van der Waals surface area contributed by atoms with Gasteiger partial charge in [0.25, 0.3) is 0 Å². The fourth-order valence-corrected chi connectivity index (χ4v) is 1.91. The molecule has 1 aromatic heterocycles. The molecule has 0 unspecified atom stereocenters. The number of carboxylic acid groups (broad SMARTS) is 1. The summed E-state index contributed by atoms with van der Waals surface area (Å²) in [7, 11) is 3.22. The Morgan fingerprint density at radius 3 is 2.64 bits per heavy atom. The lowest BCUT2D eigenvalue weighted by Crippen LogP contribution is -2.09. The predicted octanol–water partition coefficient (Wildman–Crippen LogP) is 1.85. The maximum absolute atomic E-state index is 10.7. The van der Waals surface area contributed by atoms with E-state index in [4.69, 9.17) is 14.6 Å². The first kappa shape index (κ1) is 15.6. The molecule has 116 valence electrons. The summed E-state index contributed by atoms with van der Waals surface area (Å²) in [6.07, 6.45) is 3.34. The molecule has 2 aromatic rings. The third kappa shape index (κ3) is 3.85. The lowest BCUT2D eigenvalue weighted by atomic mass is 10.1. The van der Waals surface area contributed by atoms with Gasteiger partial charge in [0, 0.05) is 12.6 Å². The first-order valence-electron chi connectivity index (χ1n) is 6.64. The van der Waals surface area contributed by atoms with Gasteiger partial charge in [-0.15, -0.1) is 0 Å². The van der Waals surface area contributed by atoms with Crippen molar-refractivity contribution in [2.75, 3.05) is 26.1 Å². The van der Waals surface area contributed by atoms with Gasteiger partial charge in [0.15, 0.2) is 5.69 Å². The Morgan fingerprint density at radius 2 is 2.05 bits per heavy atom. The molecule has 0 saturated heterocycles. The van der Waals surface area contributed by atoms with E-state index in [1.54, 1.807) is 14.2 Å². The third-order valence-corrected chi connectivity index (χ3v) is 3.07. The van der Waals surface area contributed by atoms with Crippen LogP contribution in [0.25, 0.3) is 0 Å². The number of ether oxygens (including phenoxy) is 2. The van der Waals surface area contributed by atoms with Crippen LogP contribution >= 0.6 is 0 Å². The van der Waals surface area contributed by atoms with Gasteiger partial charge in [-0.2, -0.15) is 0 Å². The quantitative estimate of drug-likeness (QED) is 0.806. The number of benzene rings is 1. The molecule has 1 heterocycles. The minimum absolute atomic E-state index is 0.0811. The van der Waals surface area contributed by atoms with Gasteiger partial charge in [0.05, 0.1) is 26.6 Å². The smallest absolute Gasteiger partial charge is 0.356 e. The normalized spacial score (nSPS) is 10.1. The summed E-state index contributed by atoms with van der Waals surface area (Å²) in [6.45, 7) is 0.615. The molecule has 0 saturated carbocycles. The largest absolute Gasteiger partial charge is 0.497 e. The topological polar surface area (TPSA) is 93.6 Å². The van der Waals surface area contributed by atoms with E-state index in [1.165, 1.54) is 12.4 Å². The molecule has 1 aromatic carbocycles. The number of hydrogen-bond acceptors (Lipinski definition) is 6. The molecule has 7 heteroatoms. The number of hydrogen-bond donors (Lipinski definition) is 2. The van der Waals surface area contributed by atoms with Crippen molar-refractivity contribution in [1.82, 2.24) is 9.97 Å². The SMILES string of the molecule is COc1ccc(CCNc2cnc(C(=O)O)cn2)c(OC)c1. The van der Waals surface area contributed by atoms with E-state index in [9.17, 15) is 4.79 Å². The Labute approximate surface area is 127 Å². The molecular weight excluding hydrogens is 286 g/mol. The van der Waals surface area contributed by atoms with Gasteiger partial charge in [-0.1, -0.05) is 6.07 Å².